The Kier molecular flexibility index (Phi) is 4.84. The number of para-hydroxylation sites is 1. The first-order valence-electron chi connectivity index (χ1n) is 8.76. The molecule has 1 aliphatic rings. The van der Waals surface area contributed by atoms with Crippen LogP contribution < -0.4 is 9.62 Å². The fourth-order valence-corrected chi connectivity index (χ4v) is 5.65. The van der Waals surface area contributed by atoms with Gasteiger partial charge in [-0.1, -0.05) is 12.1 Å². The lowest BCUT2D eigenvalue weighted by Crippen LogP contribution is -2.26. The molecular weight excluding hydrogens is 382 g/mol. The first-order chi connectivity index (χ1) is 13.0. The van der Waals surface area contributed by atoms with Gasteiger partial charge in [-0.05, 0) is 42.8 Å². The Morgan fingerprint density at radius 2 is 1.93 bits per heavy atom. The lowest BCUT2D eigenvalue weighted by Gasteiger charge is -2.17. The van der Waals surface area contributed by atoms with Gasteiger partial charge in [0.2, 0.25) is 10.0 Å². The van der Waals surface area contributed by atoms with Crippen LogP contribution in [0.1, 0.15) is 21.8 Å². The number of carbonyl (C=O) groups is 1. The zero-order chi connectivity index (χ0) is 18.9. The second-order valence-electron chi connectivity index (χ2n) is 6.37. The fourth-order valence-electron chi connectivity index (χ4n) is 3.12. The summed E-state index contributed by atoms with van der Waals surface area (Å²) in [6.07, 6.45) is 1.31. The van der Waals surface area contributed by atoms with Crippen LogP contribution >= 0.6 is 11.3 Å². The Hall–Kier alpha value is -2.45. The van der Waals surface area contributed by atoms with Crippen molar-refractivity contribution in [2.45, 2.75) is 12.8 Å². The van der Waals surface area contributed by atoms with Gasteiger partial charge < -0.3 is 5.32 Å². The maximum atomic E-state index is 12.3. The average Bonchev–Trinajstić information content (AvgIpc) is 3.23. The van der Waals surface area contributed by atoms with Crippen LogP contribution in [0, 0.1) is 0 Å². The molecule has 0 bridgehead atoms. The molecule has 1 aliphatic heterocycles. The van der Waals surface area contributed by atoms with Crippen LogP contribution in [0.5, 0.6) is 0 Å². The van der Waals surface area contributed by atoms with E-state index in [0.29, 0.717) is 37.2 Å². The quantitative estimate of drug-likeness (QED) is 0.713. The Labute approximate surface area is 161 Å². The molecule has 140 valence electrons. The van der Waals surface area contributed by atoms with Crippen LogP contribution in [0.2, 0.25) is 0 Å². The van der Waals surface area contributed by atoms with Crippen LogP contribution in [-0.4, -0.2) is 38.2 Å². The summed E-state index contributed by atoms with van der Waals surface area (Å²) in [5.74, 6) is 0.00742. The smallest absolute Gasteiger partial charge is 0.251 e. The number of nitrogens with one attached hydrogen (secondary N) is 1. The molecule has 2 heterocycles. The molecule has 2 aromatic carbocycles. The topological polar surface area (TPSA) is 79.4 Å². The molecule has 1 aromatic heterocycles. The van der Waals surface area contributed by atoms with E-state index in [9.17, 15) is 13.2 Å². The van der Waals surface area contributed by atoms with Gasteiger partial charge in [-0.3, -0.25) is 9.10 Å². The summed E-state index contributed by atoms with van der Waals surface area (Å²) in [6, 6.07) is 14.7. The molecule has 3 aromatic rings. The average molecular weight is 402 g/mol. The minimum absolute atomic E-state index is 0.174. The van der Waals surface area contributed by atoms with Crippen LogP contribution in [-0.2, 0) is 16.4 Å². The third kappa shape index (κ3) is 3.81. The van der Waals surface area contributed by atoms with Gasteiger partial charge in [-0.25, -0.2) is 13.4 Å². The molecule has 8 heteroatoms. The van der Waals surface area contributed by atoms with Gasteiger partial charge in [0, 0.05) is 25.1 Å². The van der Waals surface area contributed by atoms with Crippen molar-refractivity contribution in [2.24, 2.45) is 0 Å². The Morgan fingerprint density at radius 1 is 1.15 bits per heavy atom. The van der Waals surface area contributed by atoms with Crippen LogP contribution in [0.15, 0.2) is 48.5 Å². The van der Waals surface area contributed by atoms with Crippen molar-refractivity contribution in [1.82, 2.24) is 10.3 Å². The van der Waals surface area contributed by atoms with E-state index in [0.717, 1.165) is 15.2 Å². The van der Waals surface area contributed by atoms with Gasteiger partial charge in [0.15, 0.2) is 0 Å². The highest BCUT2D eigenvalue weighted by molar-refractivity contribution is 7.93. The van der Waals surface area contributed by atoms with Crippen molar-refractivity contribution in [2.75, 3.05) is 23.1 Å². The van der Waals surface area contributed by atoms with Gasteiger partial charge in [0.1, 0.15) is 0 Å². The van der Waals surface area contributed by atoms with Crippen molar-refractivity contribution < 1.29 is 13.2 Å². The summed E-state index contributed by atoms with van der Waals surface area (Å²) in [5, 5.41) is 3.88. The molecule has 6 nitrogen and oxygen atoms in total. The number of amides is 1. The molecular formula is C19H19N3O3S2. The standard InChI is InChI=1S/C19H19N3O3S2/c23-19(20-11-10-18-21-16-4-1-2-5-17(16)26-18)14-6-8-15(9-7-14)22-12-3-13-27(22,24)25/h1-2,4-9H,3,10-13H2,(H,20,23). The molecule has 1 saturated heterocycles. The first-order valence-corrected chi connectivity index (χ1v) is 11.2. The molecule has 1 fully saturated rings. The molecule has 0 spiro atoms. The SMILES string of the molecule is O=C(NCCc1nc2ccccc2s1)c1ccc(N2CCCS2(=O)=O)cc1. The number of carbonyl (C=O) groups excluding carboxylic acids is 1. The normalized spacial score (nSPS) is 15.9. The molecule has 0 atom stereocenters. The zero-order valence-corrected chi connectivity index (χ0v) is 16.2. The lowest BCUT2D eigenvalue weighted by molar-refractivity contribution is 0.0954. The fraction of sp³-hybridized carbons (Fsp3) is 0.263. The first kappa shape index (κ1) is 17.9. The minimum atomic E-state index is -3.20. The van der Waals surface area contributed by atoms with Crippen LogP contribution in [0.25, 0.3) is 10.2 Å². The van der Waals surface area contributed by atoms with Crippen molar-refractivity contribution in [1.29, 1.82) is 0 Å². The molecule has 0 aliphatic carbocycles. The summed E-state index contributed by atoms with van der Waals surface area (Å²) < 4.78 is 26.5. The number of benzene rings is 2. The highest BCUT2D eigenvalue weighted by Gasteiger charge is 2.28. The maximum absolute atomic E-state index is 12.3. The van der Waals surface area contributed by atoms with Crippen LogP contribution in [0.4, 0.5) is 5.69 Å². The highest BCUT2D eigenvalue weighted by atomic mass is 32.2. The summed E-state index contributed by atoms with van der Waals surface area (Å²) in [6.45, 7) is 0.997. The van der Waals surface area contributed by atoms with E-state index in [1.165, 1.54) is 4.31 Å². The molecule has 0 saturated carbocycles. The molecule has 1 amide bonds. The predicted octanol–water partition coefficient (Wildman–Crippen LogP) is 2.81. The molecule has 4 rings (SSSR count). The predicted molar refractivity (Wildman–Crippen MR) is 108 cm³/mol. The molecule has 27 heavy (non-hydrogen) atoms. The second-order valence-corrected chi connectivity index (χ2v) is 9.50. The van der Waals surface area contributed by atoms with Gasteiger partial charge in [0.25, 0.3) is 5.91 Å². The van der Waals surface area contributed by atoms with Crippen molar-refractivity contribution >= 4 is 43.2 Å². The number of aromatic nitrogens is 1. The van der Waals surface area contributed by atoms with E-state index in [1.54, 1.807) is 35.6 Å². The Bertz CT molecular complexity index is 1040. The summed E-state index contributed by atoms with van der Waals surface area (Å²) >= 11 is 1.64. The Balaban J connectivity index is 1.35. The van der Waals surface area contributed by atoms with E-state index in [1.807, 2.05) is 24.3 Å². The van der Waals surface area contributed by atoms with Gasteiger partial charge >= 0.3 is 0 Å². The van der Waals surface area contributed by atoms with E-state index in [2.05, 4.69) is 10.3 Å². The van der Waals surface area contributed by atoms with E-state index in [4.69, 9.17) is 0 Å². The van der Waals surface area contributed by atoms with Crippen molar-refractivity contribution in [3.63, 3.8) is 0 Å². The van der Waals surface area contributed by atoms with E-state index in [-0.39, 0.29) is 11.7 Å². The molecule has 0 unspecified atom stereocenters. The lowest BCUT2D eigenvalue weighted by atomic mass is 10.2. The highest BCUT2D eigenvalue weighted by Crippen LogP contribution is 2.24. The van der Waals surface area contributed by atoms with Crippen molar-refractivity contribution in [3.05, 3.63) is 59.1 Å². The monoisotopic (exact) mass is 401 g/mol. The van der Waals surface area contributed by atoms with Gasteiger partial charge in [-0.2, -0.15) is 0 Å². The number of rotatable bonds is 5. The van der Waals surface area contributed by atoms with Gasteiger partial charge in [-0.15, -0.1) is 11.3 Å². The number of thiazole rings is 1. The Morgan fingerprint density at radius 3 is 2.63 bits per heavy atom. The second kappa shape index (κ2) is 7.28. The molecule has 0 radical (unpaired) electrons. The van der Waals surface area contributed by atoms with Crippen molar-refractivity contribution in [3.8, 4) is 0 Å². The van der Waals surface area contributed by atoms with E-state index < -0.39 is 10.0 Å². The van der Waals surface area contributed by atoms with Crippen LogP contribution in [0.3, 0.4) is 0 Å². The maximum Gasteiger partial charge on any atom is 0.251 e. The third-order valence-electron chi connectivity index (χ3n) is 4.48. The number of anilines is 1. The number of nitrogens with zero attached hydrogens (tertiary/aromatic N) is 2. The number of fused-ring (bicyclic) bond motifs is 1. The minimum Gasteiger partial charge on any atom is -0.352 e. The largest absolute Gasteiger partial charge is 0.352 e. The van der Waals surface area contributed by atoms with E-state index >= 15 is 0 Å². The summed E-state index contributed by atoms with van der Waals surface area (Å²) in [4.78, 5) is 16.9. The number of hydrogen-bond acceptors (Lipinski definition) is 5. The molecule has 1 N–H and O–H groups in total. The van der Waals surface area contributed by atoms with Gasteiger partial charge in [0.05, 0.1) is 26.7 Å². The number of hydrogen-bond donors (Lipinski definition) is 1. The number of sulfonamides is 1. The third-order valence-corrected chi connectivity index (χ3v) is 7.45. The zero-order valence-electron chi connectivity index (χ0n) is 14.6. The summed E-state index contributed by atoms with van der Waals surface area (Å²) in [5.41, 5.74) is 2.11. The summed E-state index contributed by atoms with van der Waals surface area (Å²) in [7, 11) is -3.20.